The van der Waals surface area contributed by atoms with Crippen LogP contribution in [-0.4, -0.2) is 23.0 Å². The van der Waals surface area contributed by atoms with Gasteiger partial charge in [0.1, 0.15) is 5.82 Å². The van der Waals surface area contributed by atoms with E-state index >= 15 is 0 Å². The van der Waals surface area contributed by atoms with Crippen LogP contribution in [0.1, 0.15) is 35.0 Å². The molecule has 1 amide bonds. The number of fused-ring (bicyclic) bond motifs is 1. The number of aryl methyl sites for hydroxylation is 1. The molecule has 1 unspecified atom stereocenters. The lowest BCUT2D eigenvalue weighted by molar-refractivity contribution is -0.137. The maximum Gasteiger partial charge on any atom is 0.303 e. The van der Waals surface area contributed by atoms with Crippen LogP contribution in [0.2, 0.25) is 0 Å². The van der Waals surface area contributed by atoms with E-state index < -0.39 is 5.97 Å². The second kappa shape index (κ2) is 6.22. The number of aliphatic carboxylic acids is 1. The summed E-state index contributed by atoms with van der Waals surface area (Å²) in [5, 5.41) is 12.2. The SMILES string of the molecule is Cc1c(C(=O)NC(C)CCC(=O)O)sc2ccc(F)cc12. The van der Waals surface area contributed by atoms with Gasteiger partial charge in [-0.25, -0.2) is 4.39 Å². The number of benzene rings is 1. The summed E-state index contributed by atoms with van der Waals surface area (Å²) in [7, 11) is 0. The van der Waals surface area contributed by atoms with Gasteiger partial charge in [0, 0.05) is 17.2 Å². The van der Waals surface area contributed by atoms with Crippen LogP contribution in [0.25, 0.3) is 10.1 Å². The largest absolute Gasteiger partial charge is 0.481 e. The van der Waals surface area contributed by atoms with Gasteiger partial charge >= 0.3 is 5.97 Å². The zero-order valence-electron chi connectivity index (χ0n) is 11.8. The lowest BCUT2D eigenvalue weighted by Gasteiger charge is -2.12. The minimum Gasteiger partial charge on any atom is -0.481 e. The summed E-state index contributed by atoms with van der Waals surface area (Å²) in [4.78, 5) is 23.3. The number of amides is 1. The highest BCUT2D eigenvalue weighted by Crippen LogP contribution is 2.31. The molecule has 2 N–H and O–H groups in total. The van der Waals surface area contributed by atoms with E-state index in [1.807, 2.05) is 0 Å². The summed E-state index contributed by atoms with van der Waals surface area (Å²) >= 11 is 1.31. The van der Waals surface area contributed by atoms with Gasteiger partial charge in [-0.2, -0.15) is 0 Å². The molecule has 0 fully saturated rings. The van der Waals surface area contributed by atoms with Crippen LogP contribution in [0, 0.1) is 12.7 Å². The molecular weight excluding hydrogens is 293 g/mol. The van der Waals surface area contributed by atoms with Crippen LogP contribution in [-0.2, 0) is 4.79 Å². The molecule has 1 heterocycles. The number of rotatable bonds is 5. The summed E-state index contributed by atoms with van der Waals surface area (Å²) in [5.74, 6) is -1.46. The van der Waals surface area contributed by atoms with Crippen molar-refractivity contribution in [1.29, 1.82) is 0 Å². The van der Waals surface area contributed by atoms with Crippen molar-refractivity contribution in [3.63, 3.8) is 0 Å². The Balaban J connectivity index is 2.16. The molecule has 4 nitrogen and oxygen atoms in total. The van der Waals surface area contributed by atoms with Crippen LogP contribution in [0.3, 0.4) is 0 Å². The first-order valence-corrected chi connectivity index (χ1v) is 7.41. The Kier molecular flexibility index (Phi) is 4.57. The highest BCUT2D eigenvalue weighted by molar-refractivity contribution is 7.21. The molecule has 21 heavy (non-hydrogen) atoms. The van der Waals surface area contributed by atoms with Crippen molar-refractivity contribution in [2.45, 2.75) is 32.7 Å². The standard InChI is InChI=1S/C15H16FNO3S/c1-8(3-6-13(18)19)17-15(20)14-9(2)11-7-10(16)4-5-12(11)21-14/h4-5,7-8H,3,6H2,1-2H3,(H,17,20)(H,18,19). The van der Waals surface area contributed by atoms with Crippen LogP contribution in [0.4, 0.5) is 4.39 Å². The molecule has 1 aromatic carbocycles. The normalized spacial score (nSPS) is 12.3. The van der Waals surface area contributed by atoms with Crippen molar-refractivity contribution < 1.29 is 19.1 Å². The summed E-state index contributed by atoms with van der Waals surface area (Å²) in [6.07, 6.45) is 0.387. The number of carboxylic acids is 1. The predicted octanol–water partition coefficient (Wildman–Crippen LogP) is 3.33. The average molecular weight is 309 g/mol. The first kappa shape index (κ1) is 15.4. The molecule has 6 heteroatoms. The summed E-state index contributed by atoms with van der Waals surface area (Å²) in [6, 6.07) is 4.23. The Bertz CT molecular complexity index is 696. The van der Waals surface area contributed by atoms with E-state index in [0.29, 0.717) is 11.3 Å². The van der Waals surface area contributed by atoms with E-state index in [1.165, 1.54) is 23.5 Å². The summed E-state index contributed by atoms with van der Waals surface area (Å²) in [5.41, 5.74) is 0.748. The smallest absolute Gasteiger partial charge is 0.303 e. The fourth-order valence-electron chi connectivity index (χ4n) is 2.11. The van der Waals surface area contributed by atoms with Crippen molar-refractivity contribution in [3.8, 4) is 0 Å². The highest BCUT2D eigenvalue weighted by atomic mass is 32.1. The van der Waals surface area contributed by atoms with Gasteiger partial charge in [0.25, 0.3) is 5.91 Å². The first-order valence-electron chi connectivity index (χ1n) is 6.59. The summed E-state index contributed by atoms with van der Waals surface area (Å²) < 4.78 is 14.1. The molecule has 1 aromatic heterocycles. The Morgan fingerprint density at radius 2 is 2.14 bits per heavy atom. The third-order valence-electron chi connectivity index (χ3n) is 3.27. The molecule has 0 aliphatic carbocycles. The fraction of sp³-hybridized carbons (Fsp3) is 0.333. The fourth-order valence-corrected chi connectivity index (χ4v) is 3.20. The van der Waals surface area contributed by atoms with Crippen LogP contribution in [0.5, 0.6) is 0 Å². The minimum absolute atomic E-state index is 0.0120. The van der Waals surface area contributed by atoms with Gasteiger partial charge in [0.05, 0.1) is 4.88 Å². The van der Waals surface area contributed by atoms with Crippen molar-refractivity contribution in [3.05, 3.63) is 34.5 Å². The molecule has 0 spiro atoms. The van der Waals surface area contributed by atoms with E-state index in [0.717, 1.165) is 15.6 Å². The van der Waals surface area contributed by atoms with E-state index in [1.54, 1.807) is 19.9 Å². The first-order chi connectivity index (χ1) is 9.88. The quantitative estimate of drug-likeness (QED) is 0.890. The number of thiophene rings is 1. The second-order valence-corrected chi connectivity index (χ2v) is 6.06. The van der Waals surface area contributed by atoms with Crippen molar-refractivity contribution in [1.82, 2.24) is 5.32 Å². The third-order valence-corrected chi connectivity index (χ3v) is 4.54. The van der Waals surface area contributed by atoms with E-state index in [4.69, 9.17) is 5.11 Å². The maximum absolute atomic E-state index is 13.3. The number of carbonyl (C=O) groups excluding carboxylic acids is 1. The van der Waals surface area contributed by atoms with Gasteiger partial charge in [0.2, 0.25) is 0 Å². The Hall–Kier alpha value is -1.95. The topological polar surface area (TPSA) is 66.4 Å². The van der Waals surface area contributed by atoms with Gasteiger partial charge in [-0.05, 0) is 49.4 Å². The Morgan fingerprint density at radius 1 is 1.43 bits per heavy atom. The molecule has 1 atom stereocenters. The summed E-state index contributed by atoms with van der Waals surface area (Å²) in [6.45, 7) is 3.55. The molecular formula is C15H16FNO3S. The Labute approximate surface area is 125 Å². The van der Waals surface area contributed by atoms with Gasteiger partial charge < -0.3 is 10.4 Å². The second-order valence-electron chi connectivity index (χ2n) is 5.00. The monoisotopic (exact) mass is 309 g/mol. The molecule has 112 valence electrons. The average Bonchev–Trinajstić information content (AvgIpc) is 2.74. The number of hydrogen-bond donors (Lipinski definition) is 2. The molecule has 0 aliphatic heterocycles. The lowest BCUT2D eigenvalue weighted by atomic mass is 10.1. The number of carbonyl (C=O) groups is 2. The molecule has 0 aliphatic rings. The van der Waals surface area contributed by atoms with Crippen molar-refractivity contribution >= 4 is 33.3 Å². The predicted molar refractivity (Wildman–Crippen MR) is 80.3 cm³/mol. The zero-order valence-corrected chi connectivity index (χ0v) is 12.6. The minimum atomic E-state index is -0.885. The van der Waals surface area contributed by atoms with Crippen LogP contribution < -0.4 is 5.32 Å². The Morgan fingerprint density at radius 3 is 2.81 bits per heavy atom. The van der Waals surface area contributed by atoms with E-state index in [2.05, 4.69) is 5.32 Å². The van der Waals surface area contributed by atoms with Gasteiger partial charge in [0.15, 0.2) is 0 Å². The molecule has 2 rings (SSSR count). The third kappa shape index (κ3) is 3.58. The maximum atomic E-state index is 13.3. The molecule has 0 saturated carbocycles. The van der Waals surface area contributed by atoms with Gasteiger partial charge in [-0.3, -0.25) is 9.59 Å². The van der Waals surface area contributed by atoms with Crippen LogP contribution in [0.15, 0.2) is 18.2 Å². The molecule has 0 radical (unpaired) electrons. The molecule has 0 bridgehead atoms. The zero-order chi connectivity index (χ0) is 15.6. The van der Waals surface area contributed by atoms with Crippen molar-refractivity contribution in [2.75, 3.05) is 0 Å². The lowest BCUT2D eigenvalue weighted by Crippen LogP contribution is -2.32. The molecule has 2 aromatic rings. The number of carboxylic acid groups (broad SMARTS) is 1. The van der Waals surface area contributed by atoms with Gasteiger partial charge in [-0.1, -0.05) is 0 Å². The van der Waals surface area contributed by atoms with E-state index in [9.17, 15) is 14.0 Å². The van der Waals surface area contributed by atoms with Crippen molar-refractivity contribution in [2.24, 2.45) is 0 Å². The number of nitrogens with one attached hydrogen (secondary N) is 1. The van der Waals surface area contributed by atoms with E-state index in [-0.39, 0.29) is 24.2 Å². The molecule has 0 saturated heterocycles. The number of hydrogen-bond acceptors (Lipinski definition) is 3. The van der Waals surface area contributed by atoms with Crippen LogP contribution >= 0.6 is 11.3 Å². The highest BCUT2D eigenvalue weighted by Gasteiger charge is 2.17. The number of halogens is 1. The van der Waals surface area contributed by atoms with Gasteiger partial charge in [-0.15, -0.1) is 11.3 Å².